The summed E-state index contributed by atoms with van der Waals surface area (Å²) in [5, 5.41) is 3.00. The number of nitrogens with zero attached hydrogens (tertiary/aromatic N) is 1. The minimum Gasteiger partial charge on any atom is -0.496 e. The number of hydrogen-bond donors (Lipinski definition) is 1. The molecule has 0 spiro atoms. The van der Waals surface area contributed by atoms with Gasteiger partial charge in [0.2, 0.25) is 5.91 Å². The lowest BCUT2D eigenvalue weighted by Crippen LogP contribution is -2.42. The van der Waals surface area contributed by atoms with Crippen LogP contribution >= 0.6 is 15.9 Å². The number of rotatable bonds is 9. The molecule has 3 aromatic carbocycles. The van der Waals surface area contributed by atoms with Crippen molar-refractivity contribution in [3.8, 4) is 5.75 Å². The van der Waals surface area contributed by atoms with E-state index in [0.29, 0.717) is 12.1 Å². The van der Waals surface area contributed by atoms with E-state index in [1.54, 1.807) is 55.6 Å². The summed E-state index contributed by atoms with van der Waals surface area (Å²) in [4.78, 5) is 13.3. The Morgan fingerprint density at radius 1 is 1.03 bits per heavy atom. The Bertz CT molecular complexity index is 1240. The molecular formula is C26H29BrN2O4S. The second kappa shape index (κ2) is 11.1. The predicted molar refractivity (Wildman–Crippen MR) is 139 cm³/mol. The number of ether oxygens (including phenoxy) is 1. The first-order valence-electron chi connectivity index (χ1n) is 10.9. The summed E-state index contributed by atoms with van der Waals surface area (Å²) in [5.74, 6) is 0.384. The minimum atomic E-state index is -3.96. The summed E-state index contributed by atoms with van der Waals surface area (Å²) in [6.07, 6.45) is 0.653. The van der Waals surface area contributed by atoms with Crippen molar-refractivity contribution >= 4 is 37.5 Å². The first kappa shape index (κ1) is 25.8. The van der Waals surface area contributed by atoms with Gasteiger partial charge in [-0.2, -0.15) is 0 Å². The Labute approximate surface area is 210 Å². The van der Waals surface area contributed by atoms with Gasteiger partial charge in [0.25, 0.3) is 10.0 Å². The van der Waals surface area contributed by atoms with Crippen LogP contribution in [0.15, 0.2) is 76.1 Å². The molecule has 34 heavy (non-hydrogen) atoms. The van der Waals surface area contributed by atoms with Gasteiger partial charge in [-0.3, -0.25) is 9.10 Å². The molecule has 0 saturated heterocycles. The minimum absolute atomic E-state index is 0.131. The van der Waals surface area contributed by atoms with Crippen molar-refractivity contribution in [1.82, 2.24) is 5.32 Å². The van der Waals surface area contributed by atoms with Crippen LogP contribution in [0.2, 0.25) is 0 Å². The van der Waals surface area contributed by atoms with E-state index >= 15 is 0 Å². The van der Waals surface area contributed by atoms with Crippen LogP contribution in [0, 0.1) is 13.8 Å². The smallest absolute Gasteiger partial charge is 0.264 e. The Balaban J connectivity index is 1.89. The zero-order valence-electron chi connectivity index (χ0n) is 19.7. The van der Waals surface area contributed by atoms with Crippen molar-refractivity contribution in [2.24, 2.45) is 0 Å². The van der Waals surface area contributed by atoms with E-state index in [-0.39, 0.29) is 23.4 Å². The molecule has 0 unspecified atom stereocenters. The molecule has 0 aromatic heterocycles. The van der Waals surface area contributed by atoms with E-state index in [0.717, 1.165) is 31.2 Å². The summed E-state index contributed by atoms with van der Waals surface area (Å²) in [6, 6.07) is 18.9. The fourth-order valence-corrected chi connectivity index (χ4v) is 5.36. The van der Waals surface area contributed by atoms with E-state index in [1.165, 1.54) is 0 Å². The van der Waals surface area contributed by atoms with Gasteiger partial charge in [0.15, 0.2) is 0 Å². The molecule has 8 heteroatoms. The average molecular weight is 545 g/mol. The van der Waals surface area contributed by atoms with Crippen molar-refractivity contribution in [2.75, 3.05) is 18.0 Å². The summed E-state index contributed by atoms with van der Waals surface area (Å²) >= 11 is 3.38. The quantitative estimate of drug-likeness (QED) is 0.383. The number of halogens is 1. The molecule has 0 radical (unpaired) electrons. The van der Waals surface area contributed by atoms with Gasteiger partial charge < -0.3 is 10.1 Å². The maximum absolute atomic E-state index is 13.5. The number of anilines is 1. The number of aryl methyl sites for hydroxylation is 2. The van der Waals surface area contributed by atoms with Crippen molar-refractivity contribution < 1.29 is 17.9 Å². The molecule has 0 aliphatic carbocycles. The monoisotopic (exact) mass is 544 g/mol. The number of nitrogens with one attached hydrogen (secondary N) is 1. The van der Waals surface area contributed by atoms with Crippen molar-refractivity contribution in [2.45, 2.75) is 38.1 Å². The predicted octanol–water partition coefficient (Wildman–Crippen LogP) is 5.54. The molecule has 0 saturated carbocycles. The molecular weight excluding hydrogens is 516 g/mol. The second-order valence-electron chi connectivity index (χ2n) is 8.06. The third kappa shape index (κ3) is 5.98. The van der Waals surface area contributed by atoms with E-state index in [4.69, 9.17) is 4.74 Å². The largest absolute Gasteiger partial charge is 0.496 e. The number of hydrogen-bond acceptors (Lipinski definition) is 4. The number of benzene rings is 3. The highest BCUT2D eigenvalue weighted by molar-refractivity contribution is 9.10. The molecule has 0 fully saturated rings. The lowest BCUT2D eigenvalue weighted by atomic mass is 10.0. The number of sulfonamides is 1. The lowest BCUT2D eigenvalue weighted by molar-refractivity contribution is -0.120. The van der Waals surface area contributed by atoms with Gasteiger partial charge in [-0.05, 0) is 73.9 Å². The Hall–Kier alpha value is -2.84. The first-order chi connectivity index (χ1) is 16.1. The van der Waals surface area contributed by atoms with Crippen LogP contribution in [0.4, 0.5) is 5.69 Å². The molecule has 6 nitrogen and oxygen atoms in total. The van der Waals surface area contributed by atoms with Crippen LogP contribution in [0.5, 0.6) is 5.75 Å². The summed E-state index contributed by atoms with van der Waals surface area (Å²) < 4.78 is 34.3. The Morgan fingerprint density at radius 3 is 2.24 bits per heavy atom. The molecule has 3 aromatic rings. The number of carbonyl (C=O) groups is 1. The third-order valence-electron chi connectivity index (χ3n) is 5.58. The normalized spacial score (nSPS) is 12.1. The van der Waals surface area contributed by atoms with Crippen molar-refractivity contribution in [1.29, 1.82) is 0 Å². The van der Waals surface area contributed by atoms with Crippen molar-refractivity contribution in [3.63, 3.8) is 0 Å². The number of carbonyl (C=O) groups excluding carboxylic acids is 1. The van der Waals surface area contributed by atoms with Crippen LogP contribution in [0.3, 0.4) is 0 Å². The van der Waals surface area contributed by atoms with Crippen LogP contribution in [-0.4, -0.2) is 28.0 Å². The second-order valence-corrected chi connectivity index (χ2v) is 10.8. The maximum atomic E-state index is 13.5. The van der Waals surface area contributed by atoms with Crippen LogP contribution < -0.4 is 14.4 Å². The summed E-state index contributed by atoms with van der Waals surface area (Å²) in [6.45, 7) is 5.46. The molecule has 1 N–H and O–H groups in total. The molecule has 1 amide bonds. The van der Waals surface area contributed by atoms with Gasteiger partial charge in [-0.25, -0.2) is 8.42 Å². The van der Waals surface area contributed by atoms with Crippen LogP contribution in [0.1, 0.15) is 36.1 Å². The third-order valence-corrected chi connectivity index (χ3v) is 7.89. The number of amides is 1. The average Bonchev–Trinajstić information content (AvgIpc) is 2.82. The molecule has 1 atom stereocenters. The zero-order chi connectivity index (χ0) is 24.9. The summed E-state index contributed by atoms with van der Waals surface area (Å²) in [5.41, 5.74) is 3.26. The molecule has 3 rings (SSSR count). The molecule has 0 aliphatic rings. The van der Waals surface area contributed by atoms with Gasteiger partial charge in [0.05, 0.1) is 23.7 Å². The Morgan fingerprint density at radius 2 is 1.68 bits per heavy atom. The molecule has 180 valence electrons. The fraction of sp³-hybridized carbons (Fsp3) is 0.269. The molecule has 0 aliphatic heterocycles. The maximum Gasteiger partial charge on any atom is 0.264 e. The zero-order valence-corrected chi connectivity index (χ0v) is 22.1. The highest BCUT2D eigenvalue weighted by atomic mass is 79.9. The SMILES string of the molecule is CC[C@@H](NC(=O)CN(c1ccc(Br)cc1)S(=O)(=O)c1ccc(C)cc1)c1ccc(OC)c(C)c1. The van der Waals surface area contributed by atoms with Crippen LogP contribution in [-0.2, 0) is 14.8 Å². The van der Waals surface area contributed by atoms with Crippen LogP contribution in [0.25, 0.3) is 0 Å². The molecule has 0 heterocycles. The van der Waals surface area contributed by atoms with E-state index in [2.05, 4.69) is 21.2 Å². The summed E-state index contributed by atoms with van der Waals surface area (Å²) in [7, 11) is -2.34. The van der Waals surface area contributed by atoms with Crippen molar-refractivity contribution in [3.05, 3.63) is 87.9 Å². The highest BCUT2D eigenvalue weighted by Gasteiger charge is 2.28. The van der Waals surface area contributed by atoms with E-state index in [1.807, 2.05) is 39.0 Å². The first-order valence-corrected chi connectivity index (χ1v) is 13.2. The van der Waals surface area contributed by atoms with Gasteiger partial charge in [-0.15, -0.1) is 0 Å². The topological polar surface area (TPSA) is 75.7 Å². The Kier molecular flexibility index (Phi) is 8.38. The lowest BCUT2D eigenvalue weighted by Gasteiger charge is -2.26. The number of methoxy groups -OCH3 is 1. The van der Waals surface area contributed by atoms with Gasteiger partial charge >= 0.3 is 0 Å². The van der Waals surface area contributed by atoms with Gasteiger partial charge in [0.1, 0.15) is 12.3 Å². The standard InChI is InChI=1S/C26H29BrN2O4S/c1-5-24(20-8-15-25(33-4)19(3)16-20)28-26(30)17-29(22-11-9-21(27)10-12-22)34(31,32)23-13-6-18(2)7-14-23/h6-16,24H,5,17H2,1-4H3,(H,28,30)/t24-/m1/s1. The fourth-order valence-electron chi connectivity index (χ4n) is 3.67. The van der Waals surface area contributed by atoms with Gasteiger partial charge in [0, 0.05) is 4.47 Å². The van der Waals surface area contributed by atoms with Gasteiger partial charge in [-0.1, -0.05) is 52.7 Å². The highest BCUT2D eigenvalue weighted by Crippen LogP contribution is 2.27. The molecule has 0 bridgehead atoms. The van der Waals surface area contributed by atoms with E-state index < -0.39 is 10.0 Å². The van der Waals surface area contributed by atoms with E-state index in [9.17, 15) is 13.2 Å².